The first-order valence-corrected chi connectivity index (χ1v) is 0.548. The van der Waals surface area contributed by atoms with Crippen molar-refractivity contribution in [2.24, 2.45) is 0 Å². The number of hydrogen-bond acceptors (Lipinski definition) is 3. The Hall–Kier alpha value is -0.334. The Morgan fingerprint density at radius 2 is 1.33 bits per heavy atom. The van der Waals surface area contributed by atoms with E-state index < -0.39 is 5.09 Å². The molecule has 0 bridgehead atoms. The van der Waals surface area contributed by atoms with E-state index in [-0.39, 0.29) is 22.9 Å². The van der Waals surface area contributed by atoms with Gasteiger partial charge in [0.25, 0.3) is 0 Å². The largest absolute Gasteiger partial charge is 2.00 e. The summed E-state index contributed by atoms with van der Waals surface area (Å²) in [6.45, 7) is 0. The van der Waals surface area contributed by atoms with E-state index in [1.165, 1.54) is 0 Å². The number of rotatable bonds is 0. The van der Waals surface area contributed by atoms with Crippen molar-refractivity contribution >= 4 is 0 Å². The van der Waals surface area contributed by atoms with Crippen LogP contribution in [0.2, 0.25) is 0 Å². The summed E-state index contributed by atoms with van der Waals surface area (Å²) in [5.41, 5.74) is 0. The topological polar surface area (TPSA) is 103 Å². The van der Waals surface area contributed by atoms with E-state index in [9.17, 15) is 0 Å². The second kappa shape index (κ2) is 8.82. The average molecular weight is 139 g/mol. The van der Waals surface area contributed by atoms with E-state index in [4.69, 9.17) is 15.3 Å². The summed E-state index contributed by atoms with van der Waals surface area (Å²) in [6.07, 6.45) is 0. The molecule has 0 aromatic rings. The summed E-state index contributed by atoms with van der Waals surface area (Å²) < 4.78 is 0. The first-order valence-electron chi connectivity index (χ1n) is 0.548. The smallest absolute Gasteiger partial charge is 0.369 e. The van der Waals surface area contributed by atoms with E-state index in [0.29, 0.717) is 0 Å². The first kappa shape index (κ1) is 17.4. The normalized spacial score (nSPS) is 4.00. The van der Waals surface area contributed by atoms with Crippen LogP contribution in [0.5, 0.6) is 0 Å². The van der Waals surface area contributed by atoms with E-state index in [2.05, 4.69) is 0 Å². The van der Waals surface area contributed by atoms with Crippen molar-refractivity contribution in [2.75, 3.05) is 0 Å². The molecular weight excluding hydrogens is 135 g/mol. The van der Waals surface area contributed by atoms with Crippen LogP contribution in [-0.4, -0.2) is 5.09 Å². The van der Waals surface area contributed by atoms with Gasteiger partial charge in [0, 0.05) is 0 Å². The number of quaternary nitrogens is 1. The minimum absolute atomic E-state index is 0. The van der Waals surface area contributed by atoms with Crippen LogP contribution in [-0.2, 0) is 16.8 Å². The zero-order valence-electron chi connectivity index (χ0n) is 3.01. The molecule has 0 spiro atoms. The minimum Gasteiger partial charge on any atom is -0.369 e. The van der Waals surface area contributed by atoms with Gasteiger partial charge in [-0.25, -0.2) is 0 Å². The van der Waals surface area contributed by atoms with Crippen LogP contribution >= 0.6 is 0 Å². The SMILES string of the molecule is O=[N+]([O-])[O-].[Co+2].[NH4+]. The van der Waals surface area contributed by atoms with Gasteiger partial charge < -0.3 is 21.5 Å². The van der Waals surface area contributed by atoms with Crippen LogP contribution < -0.4 is 6.15 Å². The molecule has 0 heterocycles. The Kier molecular flexibility index (Phi) is 25.5. The molecule has 6 heteroatoms. The molecule has 0 unspecified atom stereocenters. The third-order valence-electron chi connectivity index (χ3n) is 0. The van der Waals surface area contributed by atoms with Gasteiger partial charge in [-0.05, 0) is 0 Å². The number of hydrogen-bond donors (Lipinski definition) is 1. The monoisotopic (exact) mass is 139 g/mol. The minimum atomic E-state index is -1.75. The molecule has 0 aliphatic carbocycles. The molecule has 6 heavy (non-hydrogen) atoms. The fraction of sp³-hybridized carbons (Fsp3) is 0. The molecule has 0 aromatic carbocycles. The fourth-order valence-electron chi connectivity index (χ4n) is 0. The molecule has 1 radical (unpaired) electrons. The molecule has 4 N–H and O–H groups in total. The molecule has 0 aliphatic rings. The molecule has 0 saturated heterocycles. The molecule has 5 nitrogen and oxygen atoms in total. The van der Waals surface area contributed by atoms with E-state index in [1.807, 2.05) is 0 Å². The van der Waals surface area contributed by atoms with Gasteiger partial charge in [-0.3, -0.25) is 0 Å². The van der Waals surface area contributed by atoms with Gasteiger partial charge in [-0.2, -0.15) is 0 Å². The van der Waals surface area contributed by atoms with Gasteiger partial charge >= 0.3 is 16.8 Å². The standard InChI is InChI=1S/Co.NO3.H3N/c;2-1(3)4;/h;;1H3/q+2;-1;/p+1. The van der Waals surface area contributed by atoms with Gasteiger partial charge in [-0.15, -0.1) is 0 Å². The Bertz CT molecular complexity index is 31.8. The van der Waals surface area contributed by atoms with Crippen molar-refractivity contribution in [3.63, 3.8) is 0 Å². The summed E-state index contributed by atoms with van der Waals surface area (Å²) in [5, 5.41) is 14.8. The maximum absolute atomic E-state index is 8.25. The molecule has 0 atom stereocenters. The van der Waals surface area contributed by atoms with Crippen molar-refractivity contribution in [1.29, 1.82) is 0 Å². The van der Waals surface area contributed by atoms with E-state index in [1.54, 1.807) is 0 Å². The maximum atomic E-state index is 8.25. The summed E-state index contributed by atoms with van der Waals surface area (Å²) in [7, 11) is 0. The first-order chi connectivity index (χ1) is 1.73. The van der Waals surface area contributed by atoms with Crippen molar-refractivity contribution in [1.82, 2.24) is 6.15 Å². The Morgan fingerprint density at radius 3 is 1.33 bits per heavy atom. The molecular formula is H4CoN2O3+2. The van der Waals surface area contributed by atoms with Crippen LogP contribution in [0.1, 0.15) is 0 Å². The van der Waals surface area contributed by atoms with Crippen LogP contribution in [0.3, 0.4) is 0 Å². The average Bonchev–Trinajstić information content (AvgIpc) is 0.811. The summed E-state index contributed by atoms with van der Waals surface area (Å²) in [6, 6.07) is 0. The maximum Gasteiger partial charge on any atom is 2.00 e. The van der Waals surface area contributed by atoms with Crippen LogP contribution in [0.15, 0.2) is 0 Å². The van der Waals surface area contributed by atoms with Gasteiger partial charge in [0.05, 0.1) is 5.09 Å². The number of nitrogens with zero attached hydrogens (tertiary/aromatic N) is 1. The third-order valence-corrected chi connectivity index (χ3v) is 0. The van der Waals surface area contributed by atoms with Crippen molar-refractivity contribution < 1.29 is 21.9 Å². The van der Waals surface area contributed by atoms with Crippen molar-refractivity contribution in [3.05, 3.63) is 15.3 Å². The Morgan fingerprint density at radius 1 is 1.33 bits per heavy atom. The molecule has 0 rings (SSSR count). The van der Waals surface area contributed by atoms with Crippen LogP contribution in [0.4, 0.5) is 0 Å². The van der Waals surface area contributed by atoms with Crippen LogP contribution in [0.25, 0.3) is 0 Å². The van der Waals surface area contributed by atoms with Gasteiger partial charge in [0.1, 0.15) is 0 Å². The zero-order chi connectivity index (χ0) is 3.58. The summed E-state index contributed by atoms with van der Waals surface area (Å²) in [4.78, 5) is 8.25. The van der Waals surface area contributed by atoms with Crippen molar-refractivity contribution in [2.45, 2.75) is 0 Å². The van der Waals surface area contributed by atoms with Gasteiger partial charge in [-0.1, -0.05) is 0 Å². The Balaban J connectivity index is -0.0000000450. The molecule has 0 aliphatic heterocycles. The fourth-order valence-corrected chi connectivity index (χ4v) is 0. The zero-order valence-corrected chi connectivity index (χ0v) is 4.05. The molecule has 0 saturated carbocycles. The van der Waals surface area contributed by atoms with Gasteiger partial charge in [0.15, 0.2) is 0 Å². The Labute approximate surface area is 44.2 Å². The van der Waals surface area contributed by atoms with Gasteiger partial charge in [0.2, 0.25) is 0 Å². The summed E-state index contributed by atoms with van der Waals surface area (Å²) in [5.74, 6) is 0. The third kappa shape index (κ3) is 234. The van der Waals surface area contributed by atoms with E-state index in [0.717, 1.165) is 0 Å². The molecule has 0 aromatic heterocycles. The second-order valence-electron chi connectivity index (χ2n) is 0.224. The van der Waals surface area contributed by atoms with Crippen molar-refractivity contribution in [3.8, 4) is 0 Å². The second-order valence-corrected chi connectivity index (χ2v) is 0.224. The predicted molar refractivity (Wildman–Crippen MR) is 16.3 cm³/mol. The van der Waals surface area contributed by atoms with E-state index >= 15 is 0 Å². The molecule has 0 amide bonds. The predicted octanol–water partition coefficient (Wildman–Crippen LogP) is 0.135. The molecule has 0 fully saturated rings. The quantitative estimate of drug-likeness (QED) is 0.381. The summed E-state index contributed by atoms with van der Waals surface area (Å²) >= 11 is 0. The van der Waals surface area contributed by atoms with Crippen LogP contribution in [0, 0.1) is 15.3 Å². The molecule has 39 valence electrons.